The lowest BCUT2D eigenvalue weighted by atomic mass is 10.1. The summed E-state index contributed by atoms with van der Waals surface area (Å²) in [5.74, 6) is 0.838. The highest BCUT2D eigenvalue weighted by Crippen LogP contribution is 2.26. The van der Waals surface area contributed by atoms with Gasteiger partial charge < -0.3 is 4.74 Å². The van der Waals surface area contributed by atoms with Crippen molar-refractivity contribution < 1.29 is 4.74 Å². The number of rotatable bonds is 4. The van der Waals surface area contributed by atoms with Crippen molar-refractivity contribution in [2.24, 2.45) is 0 Å². The van der Waals surface area contributed by atoms with Gasteiger partial charge in [0.2, 0.25) is 0 Å². The molecule has 2 rings (SSSR count). The zero-order chi connectivity index (χ0) is 13.0. The van der Waals surface area contributed by atoms with Crippen LogP contribution in [0.5, 0.6) is 5.75 Å². The van der Waals surface area contributed by atoms with Gasteiger partial charge in [0, 0.05) is 16.1 Å². The number of para-hydroxylation sites is 1. The monoisotopic (exact) mass is 258 g/mol. The summed E-state index contributed by atoms with van der Waals surface area (Å²) in [5.41, 5.74) is 3.00. The summed E-state index contributed by atoms with van der Waals surface area (Å²) in [6, 6.07) is 15.6. The van der Waals surface area contributed by atoms with Crippen LogP contribution in [0.4, 0.5) is 0 Å². The van der Waals surface area contributed by atoms with Crippen LogP contribution >= 0.6 is 11.6 Å². The standard InChI is InChI=1S/C16H15ClO/c1-12(2)14-8-4-6-10-16(14)18-11-13-7-3-5-9-15(13)17/h3-10H,1,11H2,2H3. The summed E-state index contributed by atoms with van der Waals surface area (Å²) in [4.78, 5) is 0. The fraction of sp³-hybridized carbons (Fsp3) is 0.125. The normalized spacial score (nSPS) is 10.1. The molecule has 2 aromatic carbocycles. The summed E-state index contributed by atoms with van der Waals surface area (Å²) in [6.45, 7) is 6.38. The van der Waals surface area contributed by atoms with Crippen LogP contribution in [-0.2, 0) is 6.61 Å². The minimum Gasteiger partial charge on any atom is -0.488 e. The summed E-state index contributed by atoms with van der Waals surface area (Å²) < 4.78 is 5.82. The number of hydrogen-bond donors (Lipinski definition) is 0. The van der Waals surface area contributed by atoms with E-state index in [1.165, 1.54) is 0 Å². The Morgan fingerprint density at radius 3 is 2.50 bits per heavy atom. The van der Waals surface area contributed by atoms with Gasteiger partial charge >= 0.3 is 0 Å². The molecule has 0 amide bonds. The molecule has 0 fully saturated rings. The molecule has 92 valence electrons. The summed E-state index contributed by atoms with van der Waals surface area (Å²) in [5, 5.41) is 0.727. The Labute approximate surface area is 113 Å². The molecule has 0 bridgehead atoms. The molecule has 18 heavy (non-hydrogen) atoms. The third kappa shape index (κ3) is 2.93. The predicted octanol–water partition coefficient (Wildman–Crippen LogP) is 4.95. The van der Waals surface area contributed by atoms with Gasteiger partial charge in [-0.25, -0.2) is 0 Å². The lowest BCUT2D eigenvalue weighted by Gasteiger charge is -2.12. The molecule has 0 aromatic heterocycles. The molecule has 0 N–H and O–H groups in total. The first-order valence-corrected chi connectivity index (χ1v) is 6.17. The highest BCUT2D eigenvalue weighted by molar-refractivity contribution is 6.31. The third-order valence-corrected chi connectivity index (χ3v) is 3.06. The van der Waals surface area contributed by atoms with E-state index in [-0.39, 0.29) is 0 Å². The highest BCUT2D eigenvalue weighted by atomic mass is 35.5. The maximum absolute atomic E-state index is 6.10. The van der Waals surface area contributed by atoms with Crippen molar-refractivity contribution in [2.75, 3.05) is 0 Å². The van der Waals surface area contributed by atoms with Crippen LogP contribution in [0.25, 0.3) is 5.57 Å². The molecular weight excluding hydrogens is 244 g/mol. The first kappa shape index (κ1) is 12.7. The van der Waals surface area contributed by atoms with Crippen molar-refractivity contribution in [1.29, 1.82) is 0 Å². The lowest BCUT2D eigenvalue weighted by molar-refractivity contribution is 0.305. The minimum atomic E-state index is 0.462. The molecule has 0 spiro atoms. The molecule has 2 heteroatoms. The average molecular weight is 259 g/mol. The Kier molecular flexibility index (Phi) is 4.06. The van der Waals surface area contributed by atoms with E-state index in [1.54, 1.807) is 0 Å². The minimum absolute atomic E-state index is 0.462. The van der Waals surface area contributed by atoms with E-state index >= 15 is 0 Å². The molecule has 0 heterocycles. The second-order valence-corrected chi connectivity index (χ2v) is 4.56. The summed E-state index contributed by atoms with van der Waals surface area (Å²) in [7, 11) is 0. The van der Waals surface area contributed by atoms with Crippen molar-refractivity contribution in [1.82, 2.24) is 0 Å². The molecule has 0 atom stereocenters. The summed E-state index contributed by atoms with van der Waals surface area (Å²) >= 11 is 6.10. The number of hydrogen-bond acceptors (Lipinski definition) is 1. The van der Waals surface area contributed by atoms with Crippen LogP contribution in [0.2, 0.25) is 5.02 Å². The van der Waals surface area contributed by atoms with Gasteiger partial charge in [0.25, 0.3) is 0 Å². The first-order valence-electron chi connectivity index (χ1n) is 5.79. The fourth-order valence-electron chi connectivity index (χ4n) is 1.72. The average Bonchev–Trinajstić information content (AvgIpc) is 2.38. The smallest absolute Gasteiger partial charge is 0.127 e. The lowest BCUT2D eigenvalue weighted by Crippen LogP contribution is -1.98. The van der Waals surface area contributed by atoms with Gasteiger partial charge in [-0.15, -0.1) is 0 Å². The SMILES string of the molecule is C=C(C)c1ccccc1OCc1ccccc1Cl. The molecule has 0 aliphatic heterocycles. The molecule has 0 radical (unpaired) electrons. The zero-order valence-corrected chi connectivity index (χ0v) is 11.1. The molecule has 0 aliphatic rings. The maximum Gasteiger partial charge on any atom is 0.127 e. The number of benzene rings is 2. The molecule has 0 saturated heterocycles. The number of halogens is 1. The first-order chi connectivity index (χ1) is 8.68. The van der Waals surface area contributed by atoms with E-state index < -0.39 is 0 Å². The zero-order valence-electron chi connectivity index (χ0n) is 10.3. The molecule has 0 unspecified atom stereocenters. The van der Waals surface area contributed by atoms with Crippen molar-refractivity contribution >= 4 is 17.2 Å². The van der Waals surface area contributed by atoms with Crippen molar-refractivity contribution in [3.63, 3.8) is 0 Å². The van der Waals surface area contributed by atoms with Gasteiger partial charge in [-0.1, -0.05) is 54.6 Å². The Morgan fingerprint density at radius 1 is 1.11 bits per heavy atom. The molecule has 1 nitrogen and oxygen atoms in total. The molecule has 2 aromatic rings. The van der Waals surface area contributed by atoms with E-state index in [4.69, 9.17) is 16.3 Å². The van der Waals surface area contributed by atoms with E-state index in [2.05, 4.69) is 6.58 Å². The van der Waals surface area contributed by atoms with Crippen LogP contribution in [0.1, 0.15) is 18.1 Å². The van der Waals surface area contributed by atoms with Crippen LogP contribution in [0, 0.1) is 0 Å². The van der Waals surface area contributed by atoms with Gasteiger partial charge in [-0.2, -0.15) is 0 Å². The van der Waals surface area contributed by atoms with E-state index in [0.717, 1.165) is 27.5 Å². The van der Waals surface area contributed by atoms with Crippen molar-refractivity contribution in [3.8, 4) is 5.75 Å². The second kappa shape index (κ2) is 5.74. The number of allylic oxidation sites excluding steroid dienone is 1. The highest BCUT2D eigenvalue weighted by Gasteiger charge is 2.05. The van der Waals surface area contributed by atoms with E-state index in [0.29, 0.717) is 6.61 Å². The van der Waals surface area contributed by atoms with Gasteiger partial charge in [-0.3, -0.25) is 0 Å². The van der Waals surface area contributed by atoms with Gasteiger partial charge in [0.05, 0.1) is 0 Å². The second-order valence-electron chi connectivity index (χ2n) is 4.16. The van der Waals surface area contributed by atoms with Crippen molar-refractivity contribution in [2.45, 2.75) is 13.5 Å². The Morgan fingerprint density at radius 2 is 1.78 bits per heavy atom. The summed E-state index contributed by atoms with van der Waals surface area (Å²) in [6.07, 6.45) is 0. The third-order valence-electron chi connectivity index (χ3n) is 2.69. The molecule has 0 saturated carbocycles. The number of ether oxygens (including phenoxy) is 1. The van der Waals surface area contributed by atoms with E-state index in [9.17, 15) is 0 Å². The quantitative estimate of drug-likeness (QED) is 0.754. The van der Waals surface area contributed by atoms with Crippen molar-refractivity contribution in [3.05, 3.63) is 71.3 Å². The largest absolute Gasteiger partial charge is 0.488 e. The molecular formula is C16H15ClO. The van der Waals surface area contributed by atoms with Crippen LogP contribution in [-0.4, -0.2) is 0 Å². The fourth-order valence-corrected chi connectivity index (χ4v) is 1.91. The van der Waals surface area contributed by atoms with E-state index in [1.807, 2.05) is 55.5 Å². The van der Waals surface area contributed by atoms with Gasteiger partial charge in [-0.05, 0) is 24.6 Å². The Balaban J connectivity index is 2.16. The van der Waals surface area contributed by atoms with Gasteiger partial charge in [0.1, 0.15) is 12.4 Å². The van der Waals surface area contributed by atoms with Gasteiger partial charge in [0.15, 0.2) is 0 Å². The van der Waals surface area contributed by atoms with Crippen LogP contribution in [0.3, 0.4) is 0 Å². The topological polar surface area (TPSA) is 9.23 Å². The maximum atomic E-state index is 6.10. The Bertz CT molecular complexity index is 561. The van der Waals surface area contributed by atoms with Crippen LogP contribution < -0.4 is 4.74 Å². The molecule has 0 aliphatic carbocycles. The Hall–Kier alpha value is -1.73. The van der Waals surface area contributed by atoms with Crippen LogP contribution in [0.15, 0.2) is 55.1 Å². The predicted molar refractivity (Wildman–Crippen MR) is 76.9 cm³/mol.